The van der Waals surface area contributed by atoms with E-state index in [-0.39, 0.29) is 0 Å². The van der Waals surface area contributed by atoms with Crippen LogP contribution in [-0.4, -0.2) is 24.3 Å². The van der Waals surface area contributed by atoms with E-state index in [2.05, 4.69) is 0 Å². The predicted molar refractivity (Wildman–Crippen MR) is 75.0 cm³/mol. The van der Waals surface area contributed by atoms with E-state index in [1.807, 2.05) is 0 Å². The molecule has 104 valence electrons. The molecule has 1 atom stereocenters. The molecule has 0 bridgehead atoms. The van der Waals surface area contributed by atoms with Crippen LogP contribution in [0.3, 0.4) is 0 Å². The van der Waals surface area contributed by atoms with E-state index in [4.69, 9.17) is 27.9 Å². The van der Waals surface area contributed by atoms with Crippen LogP contribution in [0, 0.1) is 5.92 Å². The summed E-state index contributed by atoms with van der Waals surface area (Å²) < 4.78 is 5.30. The molecule has 0 saturated carbocycles. The van der Waals surface area contributed by atoms with Crippen LogP contribution in [0.15, 0.2) is 18.2 Å². The molecule has 3 nitrogen and oxygen atoms in total. The van der Waals surface area contributed by atoms with E-state index >= 15 is 0 Å². The number of aliphatic carboxylic acids is 1. The second kappa shape index (κ2) is 6.60. The second-order valence-electron chi connectivity index (χ2n) is 4.86. The van der Waals surface area contributed by atoms with Gasteiger partial charge in [0.05, 0.1) is 16.0 Å². The minimum atomic E-state index is -0.815. The quantitative estimate of drug-likeness (QED) is 0.915. The number of hydrogen-bond donors (Lipinski definition) is 1. The topological polar surface area (TPSA) is 46.5 Å². The molecule has 1 heterocycles. The van der Waals surface area contributed by atoms with Gasteiger partial charge in [-0.2, -0.15) is 0 Å². The largest absolute Gasteiger partial charge is 0.481 e. The number of halogens is 2. The van der Waals surface area contributed by atoms with Crippen molar-refractivity contribution >= 4 is 29.2 Å². The summed E-state index contributed by atoms with van der Waals surface area (Å²) in [6, 6.07) is 5.05. The van der Waals surface area contributed by atoms with Crippen molar-refractivity contribution in [3.05, 3.63) is 33.8 Å². The zero-order valence-corrected chi connectivity index (χ0v) is 12.0. The molecule has 1 saturated heterocycles. The first-order chi connectivity index (χ1) is 9.08. The lowest BCUT2D eigenvalue weighted by molar-refractivity contribution is -0.139. The molecule has 1 fully saturated rings. The first-order valence-electron chi connectivity index (χ1n) is 6.33. The van der Waals surface area contributed by atoms with Crippen molar-refractivity contribution < 1.29 is 14.6 Å². The fourth-order valence-electron chi connectivity index (χ4n) is 2.42. The molecule has 0 amide bonds. The molecule has 1 N–H and O–H groups in total. The van der Waals surface area contributed by atoms with Gasteiger partial charge in [0.15, 0.2) is 0 Å². The van der Waals surface area contributed by atoms with Gasteiger partial charge in [-0.05, 0) is 42.9 Å². The fourth-order valence-corrected chi connectivity index (χ4v) is 2.73. The number of hydrogen-bond acceptors (Lipinski definition) is 2. The van der Waals surface area contributed by atoms with Gasteiger partial charge in [-0.1, -0.05) is 29.3 Å². The van der Waals surface area contributed by atoms with Crippen molar-refractivity contribution in [3.8, 4) is 0 Å². The van der Waals surface area contributed by atoms with E-state index in [9.17, 15) is 9.90 Å². The normalized spacial score (nSPS) is 18.2. The highest BCUT2D eigenvalue weighted by molar-refractivity contribution is 6.42. The highest BCUT2D eigenvalue weighted by atomic mass is 35.5. The van der Waals surface area contributed by atoms with Crippen LogP contribution in [0.1, 0.15) is 30.7 Å². The van der Waals surface area contributed by atoms with Crippen LogP contribution in [0.4, 0.5) is 0 Å². The van der Waals surface area contributed by atoms with Gasteiger partial charge in [-0.15, -0.1) is 0 Å². The third-order valence-electron chi connectivity index (χ3n) is 3.55. The zero-order chi connectivity index (χ0) is 13.8. The summed E-state index contributed by atoms with van der Waals surface area (Å²) in [5, 5.41) is 10.3. The van der Waals surface area contributed by atoms with Gasteiger partial charge in [0.1, 0.15) is 0 Å². The second-order valence-corrected chi connectivity index (χ2v) is 5.67. The van der Waals surface area contributed by atoms with Crippen LogP contribution in [0.5, 0.6) is 0 Å². The van der Waals surface area contributed by atoms with Crippen molar-refractivity contribution in [2.45, 2.75) is 25.2 Å². The lowest BCUT2D eigenvalue weighted by Crippen LogP contribution is -2.21. The number of carbonyl (C=O) groups is 1. The van der Waals surface area contributed by atoms with E-state index < -0.39 is 11.9 Å². The molecule has 19 heavy (non-hydrogen) atoms. The molecule has 1 aliphatic rings. The van der Waals surface area contributed by atoms with Crippen molar-refractivity contribution in [2.24, 2.45) is 5.92 Å². The predicted octanol–water partition coefficient (Wildman–Crippen LogP) is 3.98. The first kappa shape index (κ1) is 14.6. The fraction of sp³-hybridized carbons (Fsp3) is 0.500. The maximum Gasteiger partial charge on any atom is 0.310 e. The van der Waals surface area contributed by atoms with Gasteiger partial charge in [0.25, 0.3) is 0 Å². The highest BCUT2D eigenvalue weighted by Crippen LogP contribution is 2.32. The maximum atomic E-state index is 11.5. The average molecular weight is 303 g/mol. The SMILES string of the molecule is O=C(O)C(CC1CCOCC1)c1ccc(Cl)c(Cl)c1. The Morgan fingerprint density at radius 3 is 2.58 bits per heavy atom. The van der Waals surface area contributed by atoms with Crippen LogP contribution < -0.4 is 0 Å². The van der Waals surface area contributed by atoms with E-state index in [1.54, 1.807) is 18.2 Å². The third-order valence-corrected chi connectivity index (χ3v) is 4.29. The Balaban J connectivity index is 2.14. The van der Waals surface area contributed by atoms with Crippen LogP contribution >= 0.6 is 23.2 Å². The standard InChI is InChI=1S/C14H16Cl2O3/c15-12-2-1-10(8-13(12)16)11(14(17)18)7-9-3-5-19-6-4-9/h1-2,8-9,11H,3-7H2,(H,17,18). The van der Waals surface area contributed by atoms with Crippen molar-refractivity contribution in [3.63, 3.8) is 0 Å². The average Bonchev–Trinajstić information content (AvgIpc) is 2.40. The van der Waals surface area contributed by atoms with Gasteiger partial charge in [-0.3, -0.25) is 4.79 Å². The summed E-state index contributed by atoms with van der Waals surface area (Å²) in [4.78, 5) is 11.5. The first-order valence-corrected chi connectivity index (χ1v) is 7.09. The summed E-state index contributed by atoms with van der Waals surface area (Å²) in [5.74, 6) is -0.952. The molecule has 1 aromatic carbocycles. The van der Waals surface area contributed by atoms with Crippen LogP contribution in [-0.2, 0) is 9.53 Å². The molecule has 2 rings (SSSR count). The number of carboxylic acid groups (broad SMARTS) is 1. The molecule has 0 aromatic heterocycles. The Labute approximate surface area is 122 Å². The number of rotatable bonds is 4. The van der Waals surface area contributed by atoms with Gasteiger partial charge in [0, 0.05) is 13.2 Å². The monoisotopic (exact) mass is 302 g/mol. The summed E-state index contributed by atoms with van der Waals surface area (Å²) in [6.45, 7) is 1.44. The lowest BCUT2D eigenvalue weighted by atomic mass is 9.85. The molecule has 5 heteroatoms. The zero-order valence-electron chi connectivity index (χ0n) is 10.4. The molecule has 0 spiro atoms. The summed E-state index contributed by atoms with van der Waals surface area (Å²) >= 11 is 11.8. The molecule has 1 aromatic rings. The molecule has 1 aliphatic heterocycles. The number of benzene rings is 1. The Hall–Kier alpha value is -0.770. The maximum absolute atomic E-state index is 11.5. The van der Waals surface area contributed by atoms with Crippen molar-refractivity contribution in [1.29, 1.82) is 0 Å². The molecular weight excluding hydrogens is 287 g/mol. The Morgan fingerprint density at radius 2 is 2.00 bits per heavy atom. The molecule has 1 unspecified atom stereocenters. The third kappa shape index (κ3) is 3.85. The van der Waals surface area contributed by atoms with Crippen molar-refractivity contribution in [2.75, 3.05) is 13.2 Å². The highest BCUT2D eigenvalue weighted by Gasteiger charge is 2.26. The van der Waals surface area contributed by atoms with Gasteiger partial charge in [-0.25, -0.2) is 0 Å². The van der Waals surface area contributed by atoms with Crippen LogP contribution in [0.2, 0.25) is 10.0 Å². The minimum absolute atomic E-state index is 0.393. The lowest BCUT2D eigenvalue weighted by Gasteiger charge is -2.25. The van der Waals surface area contributed by atoms with E-state index in [1.165, 1.54) is 0 Å². The Bertz CT molecular complexity index is 456. The molecular formula is C14H16Cl2O3. The summed E-state index contributed by atoms with van der Waals surface area (Å²) in [7, 11) is 0. The van der Waals surface area contributed by atoms with Gasteiger partial charge < -0.3 is 9.84 Å². The van der Waals surface area contributed by atoms with Gasteiger partial charge >= 0.3 is 5.97 Å². The van der Waals surface area contributed by atoms with Crippen molar-refractivity contribution in [1.82, 2.24) is 0 Å². The van der Waals surface area contributed by atoms with Gasteiger partial charge in [0.2, 0.25) is 0 Å². The van der Waals surface area contributed by atoms with E-state index in [0.717, 1.165) is 26.1 Å². The molecule has 0 aliphatic carbocycles. The summed E-state index contributed by atoms with van der Waals surface area (Å²) in [6.07, 6.45) is 2.47. The van der Waals surface area contributed by atoms with Crippen LogP contribution in [0.25, 0.3) is 0 Å². The Morgan fingerprint density at radius 1 is 1.32 bits per heavy atom. The number of ether oxygens (including phenoxy) is 1. The minimum Gasteiger partial charge on any atom is -0.481 e. The molecule has 0 radical (unpaired) electrons. The van der Waals surface area contributed by atoms with E-state index in [0.29, 0.717) is 27.9 Å². The smallest absolute Gasteiger partial charge is 0.310 e. The summed E-state index contributed by atoms with van der Waals surface area (Å²) in [5.41, 5.74) is 0.716. The Kier molecular flexibility index (Phi) is 5.08. The number of carboxylic acids is 1.